The average molecular weight is 375 g/mol. The van der Waals surface area contributed by atoms with Crippen LogP contribution in [0.15, 0.2) is 54.9 Å². The Balaban J connectivity index is 1.15. The van der Waals surface area contributed by atoms with Gasteiger partial charge in [0.1, 0.15) is 0 Å². The number of H-pyrrole nitrogens is 1. The van der Waals surface area contributed by atoms with Crippen molar-refractivity contribution in [1.82, 2.24) is 20.1 Å². The van der Waals surface area contributed by atoms with Crippen LogP contribution in [0.1, 0.15) is 47.7 Å². The molecule has 2 aromatic heterocycles. The summed E-state index contributed by atoms with van der Waals surface area (Å²) in [4.78, 5) is 14.9. The number of aromatic amines is 1. The highest BCUT2D eigenvalue weighted by molar-refractivity contribution is 5.94. The molecule has 144 valence electrons. The smallest absolute Gasteiger partial charge is 0.251 e. The number of hydrogen-bond donors (Lipinski definition) is 2. The Labute approximate surface area is 164 Å². The molecule has 28 heavy (non-hydrogen) atoms. The van der Waals surface area contributed by atoms with Crippen molar-refractivity contribution in [3.63, 3.8) is 0 Å². The maximum Gasteiger partial charge on any atom is 0.251 e. The molecule has 1 saturated heterocycles. The van der Waals surface area contributed by atoms with Crippen LogP contribution in [-0.2, 0) is 0 Å². The molecular formula is C22H25N5O. The van der Waals surface area contributed by atoms with Crippen LogP contribution in [0.25, 0.3) is 5.69 Å². The predicted octanol–water partition coefficient (Wildman–Crippen LogP) is 3.48. The molecule has 0 unspecified atom stereocenters. The second kappa shape index (κ2) is 7.19. The van der Waals surface area contributed by atoms with Crippen molar-refractivity contribution in [2.75, 3.05) is 18.0 Å². The van der Waals surface area contributed by atoms with Gasteiger partial charge in [-0.1, -0.05) is 0 Å². The molecule has 6 nitrogen and oxygen atoms in total. The number of nitrogens with one attached hydrogen (secondary N) is 2. The molecule has 6 heteroatoms. The van der Waals surface area contributed by atoms with E-state index in [0.717, 1.165) is 37.4 Å². The molecular weight excluding hydrogens is 350 g/mol. The normalized spacial score (nSPS) is 17.6. The first-order chi connectivity index (χ1) is 13.8. The van der Waals surface area contributed by atoms with E-state index in [-0.39, 0.29) is 11.9 Å². The van der Waals surface area contributed by atoms with Gasteiger partial charge in [0.2, 0.25) is 0 Å². The molecule has 2 N–H and O–H groups in total. The third-order valence-corrected chi connectivity index (χ3v) is 5.79. The first-order valence-electron chi connectivity index (χ1n) is 10.1. The van der Waals surface area contributed by atoms with E-state index < -0.39 is 0 Å². The number of piperidine rings is 1. The number of amides is 1. The Kier molecular flexibility index (Phi) is 4.39. The standard InChI is InChI=1S/C22H25N5O/c28-22(17-5-7-19(8-6-17)26-11-1-2-12-26)23-18-9-13-27(14-10-18)21-15-20(24-25-21)16-3-4-16/h1-2,5-8,11-12,15-16,18H,3-4,9-10,13-14H2,(H,23,28)(H,24,25). The fraction of sp³-hybridized carbons (Fsp3) is 0.364. The molecule has 1 saturated carbocycles. The van der Waals surface area contributed by atoms with Gasteiger partial charge in [0.05, 0.1) is 0 Å². The van der Waals surface area contributed by atoms with E-state index in [4.69, 9.17) is 0 Å². The van der Waals surface area contributed by atoms with Gasteiger partial charge in [0.25, 0.3) is 5.91 Å². The van der Waals surface area contributed by atoms with Crippen LogP contribution < -0.4 is 10.2 Å². The van der Waals surface area contributed by atoms with Gasteiger partial charge in [-0.3, -0.25) is 9.89 Å². The highest BCUT2D eigenvalue weighted by Gasteiger charge is 2.27. The minimum Gasteiger partial charge on any atom is -0.355 e. The van der Waals surface area contributed by atoms with Crippen LogP contribution in [0.4, 0.5) is 5.82 Å². The zero-order valence-electron chi connectivity index (χ0n) is 15.8. The van der Waals surface area contributed by atoms with E-state index in [2.05, 4.69) is 26.5 Å². The Hall–Kier alpha value is -3.02. The molecule has 5 rings (SSSR count). The van der Waals surface area contributed by atoms with E-state index >= 15 is 0 Å². The minimum atomic E-state index is 0.00768. The second-order valence-electron chi connectivity index (χ2n) is 7.83. The van der Waals surface area contributed by atoms with Crippen LogP contribution in [0, 0.1) is 0 Å². The average Bonchev–Trinajstić information content (AvgIpc) is 3.22. The summed E-state index contributed by atoms with van der Waals surface area (Å²) < 4.78 is 2.03. The lowest BCUT2D eigenvalue weighted by Crippen LogP contribution is -2.44. The zero-order valence-corrected chi connectivity index (χ0v) is 15.8. The zero-order chi connectivity index (χ0) is 18.9. The summed E-state index contributed by atoms with van der Waals surface area (Å²) in [5.41, 5.74) is 3.04. The number of hydrogen-bond acceptors (Lipinski definition) is 3. The van der Waals surface area contributed by atoms with E-state index in [1.165, 1.54) is 18.5 Å². The van der Waals surface area contributed by atoms with E-state index in [0.29, 0.717) is 11.5 Å². The highest BCUT2D eigenvalue weighted by Crippen LogP contribution is 2.40. The molecule has 0 radical (unpaired) electrons. The predicted molar refractivity (Wildman–Crippen MR) is 109 cm³/mol. The number of rotatable bonds is 5. The van der Waals surface area contributed by atoms with Crippen molar-refractivity contribution in [2.24, 2.45) is 0 Å². The van der Waals surface area contributed by atoms with Crippen LogP contribution in [-0.4, -0.2) is 39.8 Å². The van der Waals surface area contributed by atoms with E-state index in [1.807, 2.05) is 53.4 Å². The molecule has 1 amide bonds. The third-order valence-electron chi connectivity index (χ3n) is 5.79. The summed E-state index contributed by atoms with van der Waals surface area (Å²) >= 11 is 0. The van der Waals surface area contributed by atoms with Crippen LogP contribution in [0.3, 0.4) is 0 Å². The first-order valence-corrected chi connectivity index (χ1v) is 10.1. The van der Waals surface area contributed by atoms with Gasteiger partial charge in [-0.25, -0.2) is 0 Å². The Bertz CT molecular complexity index is 932. The lowest BCUT2D eigenvalue weighted by atomic mass is 10.0. The topological polar surface area (TPSA) is 66.0 Å². The monoisotopic (exact) mass is 375 g/mol. The molecule has 3 aromatic rings. The van der Waals surface area contributed by atoms with Crippen molar-refractivity contribution in [3.8, 4) is 5.69 Å². The van der Waals surface area contributed by atoms with Gasteiger partial charge < -0.3 is 14.8 Å². The quantitative estimate of drug-likeness (QED) is 0.718. The Morgan fingerprint density at radius 1 is 1.04 bits per heavy atom. The van der Waals surface area contributed by atoms with E-state index in [9.17, 15) is 4.79 Å². The number of nitrogens with zero attached hydrogens (tertiary/aromatic N) is 3. The summed E-state index contributed by atoms with van der Waals surface area (Å²) in [6, 6.07) is 14.1. The Morgan fingerprint density at radius 3 is 2.43 bits per heavy atom. The summed E-state index contributed by atoms with van der Waals surface area (Å²) in [6.07, 6.45) is 8.44. The first kappa shape index (κ1) is 17.1. The molecule has 0 atom stereocenters. The fourth-order valence-corrected chi connectivity index (χ4v) is 3.90. The van der Waals surface area contributed by atoms with Gasteiger partial charge in [-0.2, -0.15) is 5.10 Å². The largest absolute Gasteiger partial charge is 0.355 e. The number of carbonyl (C=O) groups is 1. The summed E-state index contributed by atoms with van der Waals surface area (Å²) in [5.74, 6) is 1.75. The summed E-state index contributed by atoms with van der Waals surface area (Å²) in [7, 11) is 0. The maximum absolute atomic E-state index is 12.6. The number of anilines is 1. The van der Waals surface area contributed by atoms with Crippen LogP contribution in [0.5, 0.6) is 0 Å². The lowest BCUT2D eigenvalue weighted by molar-refractivity contribution is 0.0931. The van der Waals surface area contributed by atoms with Gasteiger partial charge in [-0.05, 0) is 62.1 Å². The van der Waals surface area contributed by atoms with Crippen molar-refractivity contribution < 1.29 is 4.79 Å². The van der Waals surface area contributed by atoms with Gasteiger partial charge in [-0.15, -0.1) is 0 Å². The third kappa shape index (κ3) is 3.54. The molecule has 1 aliphatic heterocycles. The van der Waals surface area contributed by atoms with Crippen molar-refractivity contribution >= 4 is 11.7 Å². The second-order valence-corrected chi connectivity index (χ2v) is 7.83. The molecule has 0 spiro atoms. The maximum atomic E-state index is 12.6. The van der Waals surface area contributed by atoms with Crippen molar-refractivity contribution in [2.45, 2.75) is 37.6 Å². The minimum absolute atomic E-state index is 0.00768. The van der Waals surface area contributed by atoms with Crippen LogP contribution in [0.2, 0.25) is 0 Å². The Morgan fingerprint density at radius 2 is 1.75 bits per heavy atom. The molecule has 1 aliphatic carbocycles. The SMILES string of the molecule is O=C(NC1CCN(c2cc(C3CC3)[nH]n2)CC1)c1ccc(-n2cccc2)cc1. The molecule has 1 aromatic carbocycles. The van der Waals surface area contributed by atoms with Crippen molar-refractivity contribution in [1.29, 1.82) is 0 Å². The molecule has 2 aliphatic rings. The lowest BCUT2D eigenvalue weighted by Gasteiger charge is -2.32. The number of benzene rings is 1. The molecule has 0 bridgehead atoms. The van der Waals surface area contributed by atoms with E-state index in [1.54, 1.807) is 0 Å². The molecule has 2 fully saturated rings. The van der Waals surface area contributed by atoms with Gasteiger partial charge in [0, 0.05) is 60.5 Å². The number of aromatic nitrogens is 3. The highest BCUT2D eigenvalue weighted by atomic mass is 16.1. The summed E-state index contributed by atoms with van der Waals surface area (Å²) in [5, 5.41) is 10.9. The fourth-order valence-electron chi connectivity index (χ4n) is 3.90. The molecule has 3 heterocycles. The van der Waals surface area contributed by atoms with Gasteiger partial charge in [0.15, 0.2) is 5.82 Å². The van der Waals surface area contributed by atoms with Crippen molar-refractivity contribution in [3.05, 3.63) is 66.1 Å². The van der Waals surface area contributed by atoms with Gasteiger partial charge >= 0.3 is 0 Å². The number of carbonyl (C=O) groups excluding carboxylic acids is 1. The summed E-state index contributed by atoms with van der Waals surface area (Å²) in [6.45, 7) is 1.85. The van der Waals surface area contributed by atoms with Crippen LogP contribution >= 0.6 is 0 Å².